The summed E-state index contributed by atoms with van der Waals surface area (Å²) in [6.45, 7) is 2.46. The van der Waals surface area contributed by atoms with Crippen LogP contribution in [0.15, 0.2) is 30.3 Å². The fraction of sp³-hybridized carbons (Fsp3) is 0.529. The predicted octanol–water partition coefficient (Wildman–Crippen LogP) is 0.769. The highest BCUT2D eigenvalue weighted by Crippen LogP contribution is 2.17. The van der Waals surface area contributed by atoms with Crippen molar-refractivity contribution in [3.63, 3.8) is 0 Å². The number of para-hydroxylation sites is 1. The number of piperidine rings is 1. The summed E-state index contributed by atoms with van der Waals surface area (Å²) < 4.78 is 5.55. The van der Waals surface area contributed by atoms with Gasteiger partial charge in [0.25, 0.3) is 0 Å². The van der Waals surface area contributed by atoms with Crippen LogP contribution in [-0.4, -0.2) is 49.5 Å². The van der Waals surface area contributed by atoms with Crippen molar-refractivity contribution in [2.45, 2.75) is 19.3 Å². The third kappa shape index (κ3) is 5.56. The van der Waals surface area contributed by atoms with E-state index in [2.05, 4.69) is 5.32 Å². The molecule has 1 aliphatic rings. The lowest BCUT2D eigenvalue weighted by Gasteiger charge is -2.32. The molecule has 0 spiro atoms. The van der Waals surface area contributed by atoms with E-state index in [0.717, 1.165) is 18.6 Å². The van der Waals surface area contributed by atoms with Gasteiger partial charge < -0.3 is 20.7 Å². The van der Waals surface area contributed by atoms with E-state index in [1.807, 2.05) is 30.3 Å². The SMILES string of the molecule is NCCNC(=O)C1CCCN(C(=O)CCOc2ccccc2)C1. The second-order valence-corrected chi connectivity index (χ2v) is 5.67. The molecule has 1 saturated heterocycles. The fourth-order valence-electron chi connectivity index (χ4n) is 2.69. The van der Waals surface area contributed by atoms with Gasteiger partial charge in [-0.05, 0) is 25.0 Å². The Hall–Kier alpha value is -2.08. The number of benzene rings is 1. The number of nitrogens with two attached hydrogens (primary N) is 1. The molecule has 6 nitrogen and oxygen atoms in total. The van der Waals surface area contributed by atoms with Crippen molar-refractivity contribution in [3.8, 4) is 5.75 Å². The highest BCUT2D eigenvalue weighted by Gasteiger charge is 2.27. The standard InChI is InChI=1S/C17H25N3O3/c18-9-10-19-17(22)14-5-4-11-20(13-14)16(21)8-12-23-15-6-2-1-3-7-15/h1-3,6-7,14H,4-5,8-13,18H2,(H,19,22). The van der Waals surface area contributed by atoms with Gasteiger partial charge in [-0.3, -0.25) is 9.59 Å². The minimum Gasteiger partial charge on any atom is -0.493 e. The van der Waals surface area contributed by atoms with E-state index in [1.165, 1.54) is 0 Å². The van der Waals surface area contributed by atoms with Crippen LogP contribution in [0, 0.1) is 5.92 Å². The molecule has 0 saturated carbocycles. The van der Waals surface area contributed by atoms with Crippen LogP contribution >= 0.6 is 0 Å². The topological polar surface area (TPSA) is 84.7 Å². The first kappa shape index (κ1) is 17.3. The summed E-state index contributed by atoms with van der Waals surface area (Å²) in [5.41, 5.74) is 5.39. The molecule has 1 heterocycles. The van der Waals surface area contributed by atoms with Gasteiger partial charge in [-0.2, -0.15) is 0 Å². The Morgan fingerprint density at radius 1 is 1.30 bits per heavy atom. The van der Waals surface area contributed by atoms with E-state index in [-0.39, 0.29) is 17.7 Å². The highest BCUT2D eigenvalue weighted by molar-refractivity contribution is 5.81. The Bertz CT molecular complexity index is 507. The molecule has 2 amide bonds. The molecule has 0 bridgehead atoms. The van der Waals surface area contributed by atoms with Crippen molar-refractivity contribution in [2.24, 2.45) is 11.7 Å². The molecule has 1 atom stereocenters. The van der Waals surface area contributed by atoms with Crippen LogP contribution in [0.1, 0.15) is 19.3 Å². The molecule has 1 aliphatic heterocycles. The summed E-state index contributed by atoms with van der Waals surface area (Å²) in [4.78, 5) is 26.0. The van der Waals surface area contributed by atoms with Crippen molar-refractivity contribution in [1.29, 1.82) is 0 Å². The van der Waals surface area contributed by atoms with Crippen LogP contribution in [0.25, 0.3) is 0 Å². The lowest BCUT2D eigenvalue weighted by atomic mass is 9.97. The third-order valence-corrected chi connectivity index (χ3v) is 3.92. The zero-order valence-electron chi connectivity index (χ0n) is 13.4. The largest absolute Gasteiger partial charge is 0.493 e. The van der Waals surface area contributed by atoms with Gasteiger partial charge in [-0.15, -0.1) is 0 Å². The van der Waals surface area contributed by atoms with Crippen molar-refractivity contribution >= 4 is 11.8 Å². The first-order valence-corrected chi connectivity index (χ1v) is 8.14. The van der Waals surface area contributed by atoms with Crippen LogP contribution < -0.4 is 15.8 Å². The minimum absolute atomic E-state index is 0.00603. The Labute approximate surface area is 137 Å². The number of carbonyl (C=O) groups excluding carboxylic acids is 2. The Morgan fingerprint density at radius 2 is 2.09 bits per heavy atom. The maximum Gasteiger partial charge on any atom is 0.226 e. The summed E-state index contributed by atoms with van der Waals surface area (Å²) >= 11 is 0. The molecule has 0 aromatic heterocycles. The van der Waals surface area contributed by atoms with E-state index in [0.29, 0.717) is 39.2 Å². The number of rotatable bonds is 7. The number of amides is 2. The Balaban J connectivity index is 1.74. The molecule has 0 radical (unpaired) electrons. The summed E-state index contributed by atoms with van der Waals surface area (Å²) in [7, 11) is 0. The molecule has 1 unspecified atom stereocenters. The van der Waals surface area contributed by atoms with Gasteiger partial charge in [-0.25, -0.2) is 0 Å². The van der Waals surface area contributed by atoms with Crippen LogP contribution in [0.3, 0.4) is 0 Å². The summed E-state index contributed by atoms with van der Waals surface area (Å²) in [6, 6.07) is 9.44. The lowest BCUT2D eigenvalue weighted by Crippen LogP contribution is -2.46. The fourth-order valence-corrected chi connectivity index (χ4v) is 2.69. The Morgan fingerprint density at radius 3 is 2.83 bits per heavy atom. The van der Waals surface area contributed by atoms with Crippen LogP contribution in [0.5, 0.6) is 5.75 Å². The number of likely N-dealkylation sites (tertiary alicyclic amines) is 1. The number of ether oxygens (including phenoxy) is 1. The second kappa shape index (κ2) is 9.15. The monoisotopic (exact) mass is 319 g/mol. The van der Waals surface area contributed by atoms with E-state index in [9.17, 15) is 9.59 Å². The maximum atomic E-state index is 12.3. The van der Waals surface area contributed by atoms with Crippen molar-refractivity contribution < 1.29 is 14.3 Å². The maximum absolute atomic E-state index is 12.3. The average Bonchev–Trinajstić information content (AvgIpc) is 2.60. The van der Waals surface area contributed by atoms with E-state index in [1.54, 1.807) is 4.90 Å². The molecule has 3 N–H and O–H groups in total. The van der Waals surface area contributed by atoms with E-state index >= 15 is 0 Å². The van der Waals surface area contributed by atoms with Crippen LogP contribution in [-0.2, 0) is 9.59 Å². The number of hydrogen-bond donors (Lipinski definition) is 2. The smallest absolute Gasteiger partial charge is 0.226 e. The lowest BCUT2D eigenvalue weighted by molar-refractivity contribution is -0.136. The average molecular weight is 319 g/mol. The molecule has 0 aliphatic carbocycles. The molecular formula is C17H25N3O3. The molecule has 23 heavy (non-hydrogen) atoms. The molecule has 2 rings (SSSR count). The van der Waals surface area contributed by atoms with Gasteiger partial charge in [-0.1, -0.05) is 18.2 Å². The number of nitrogens with zero attached hydrogens (tertiary/aromatic N) is 1. The minimum atomic E-state index is -0.130. The van der Waals surface area contributed by atoms with Crippen molar-refractivity contribution in [2.75, 3.05) is 32.8 Å². The quantitative estimate of drug-likeness (QED) is 0.777. The second-order valence-electron chi connectivity index (χ2n) is 5.67. The van der Waals surface area contributed by atoms with Gasteiger partial charge >= 0.3 is 0 Å². The third-order valence-electron chi connectivity index (χ3n) is 3.92. The number of hydrogen-bond acceptors (Lipinski definition) is 4. The Kier molecular flexibility index (Phi) is 6.87. The highest BCUT2D eigenvalue weighted by atomic mass is 16.5. The van der Waals surface area contributed by atoms with Crippen LogP contribution in [0.2, 0.25) is 0 Å². The summed E-state index contributed by atoms with van der Waals surface area (Å²) in [5.74, 6) is 0.665. The molecule has 6 heteroatoms. The van der Waals surface area contributed by atoms with E-state index < -0.39 is 0 Å². The first-order valence-electron chi connectivity index (χ1n) is 8.14. The number of nitrogens with one attached hydrogen (secondary N) is 1. The van der Waals surface area contributed by atoms with Gasteiger partial charge in [0.1, 0.15) is 5.75 Å². The molecule has 1 fully saturated rings. The van der Waals surface area contributed by atoms with Gasteiger partial charge in [0.15, 0.2) is 0 Å². The zero-order valence-corrected chi connectivity index (χ0v) is 13.4. The zero-order chi connectivity index (χ0) is 16.5. The molecule has 1 aromatic rings. The molecule has 1 aromatic carbocycles. The van der Waals surface area contributed by atoms with Crippen molar-refractivity contribution in [3.05, 3.63) is 30.3 Å². The summed E-state index contributed by atoms with van der Waals surface area (Å²) in [5, 5.41) is 2.80. The van der Waals surface area contributed by atoms with Crippen LogP contribution in [0.4, 0.5) is 0 Å². The van der Waals surface area contributed by atoms with Gasteiger partial charge in [0.2, 0.25) is 11.8 Å². The predicted molar refractivity (Wildman–Crippen MR) is 87.9 cm³/mol. The normalized spacial score (nSPS) is 17.6. The summed E-state index contributed by atoms with van der Waals surface area (Å²) in [6.07, 6.45) is 2.00. The molecular weight excluding hydrogens is 294 g/mol. The number of carbonyl (C=O) groups is 2. The molecule has 126 valence electrons. The van der Waals surface area contributed by atoms with Gasteiger partial charge in [0, 0.05) is 26.2 Å². The first-order chi connectivity index (χ1) is 11.2. The van der Waals surface area contributed by atoms with Gasteiger partial charge in [0.05, 0.1) is 18.9 Å². The van der Waals surface area contributed by atoms with Crippen molar-refractivity contribution in [1.82, 2.24) is 10.2 Å². The van der Waals surface area contributed by atoms with E-state index in [4.69, 9.17) is 10.5 Å².